The van der Waals surface area contributed by atoms with Gasteiger partial charge in [0.25, 0.3) is 0 Å². The van der Waals surface area contributed by atoms with Gasteiger partial charge in [-0.2, -0.15) is 0 Å². The summed E-state index contributed by atoms with van der Waals surface area (Å²) >= 11 is 0. The van der Waals surface area contributed by atoms with Crippen molar-refractivity contribution in [1.82, 2.24) is 4.90 Å². The van der Waals surface area contributed by atoms with Crippen molar-refractivity contribution in [3.8, 4) is 11.5 Å². The summed E-state index contributed by atoms with van der Waals surface area (Å²) in [5.74, 6) is 0.586. The van der Waals surface area contributed by atoms with E-state index < -0.39 is 12.1 Å². The normalized spacial score (nSPS) is 25.6. The maximum absolute atomic E-state index is 10.7. The van der Waals surface area contributed by atoms with Crippen LogP contribution in [0.4, 0.5) is 0 Å². The van der Waals surface area contributed by atoms with Gasteiger partial charge in [0.05, 0.1) is 12.6 Å². The minimum absolute atomic E-state index is 0.00884. The first-order valence-electron chi connectivity index (χ1n) is 6.65. The monoisotopic (exact) mass is 279 g/mol. The molecule has 2 aliphatic rings. The molecule has 3 rings (SSSR count). The predicted molar refractivity (Wildman–Crippen MR) is 70.0 cm³/mol. The van der Waals surface area contributed by atoms with E-state index in [1.807, 2.05) is 18.2 Å². The van der Waals surface area contributed by atoms with Crippen molar-refractivity contribution in [2.45, 2.75) is 18.4 Å². The smallest absolute Gasteiger partial charge is 0.317 e. The molecule has 6 nitrogen and oxygen atoms in total. The molecule has 0 aliphatic carbocycles. The molecule has 0 unspecified atom stereocenters. The molecule has 0 amide bonds. The van der Waals surface area contributed by atoms with Crippen LogP contribution in [0.5, 0.6) is 11.5 Å². The van der Waals surface area contributed by atoms with Gasteiger partial charge in [0.2, 0.25) is 6.79 Å². The average Bonchev–Trinajstić information content (AvgIpc) is 2.85. The molecular weight excluding hydrogens is 262 g/mol. The van der Waals surface area contributed by atoms with Gasteiger partial charge in [-0.25, -0.2) is 0 Å². The van der Waals surface area contributed by atoms with Gasteiger partial charge in [-0.1, -0.05) is 6.07 Å². The number of aliphatic hydroxyl groups excluding tert-OH is 1. The number of fused-ring (bicyclic) bond motifs is 1. The molecule has 2 aliphatic heterocycles. The summed E-state index contributed by atoms with van der Waals surface area (Å²) in [6.07, 6.45) is 0.164. The van der Waals surface area contributed by atoms with E-state index in [9.17, 15) is 9.90 Å². The van der Waals surface area contributed by atoms with Crippen molar-refractivity contribution in [2.75, 3.05) is 26.4 Å². The van der Waals surface area contributed by atoms with Gasteiger partial charge < -0.3 is 19.7 Å². The lowest BCUT2D eigenvalue weighted by Gasteiger charge is -2.35. The fourth-order valence-electron chi connectivity index (χ4n) is 2.86. The van der Waals surface area contributed by atoms with Crippen molar-refractivity contribution in [1.29, 1.82) is 0 Å². The fraction of sp³-hybridized carbons (Fsp3) is 0.500. The molecule has 1 aromatic carbocycles. The SMILES string of the molecule is O=C(O)CN1CC[C@@H](c2ccc3c(c2)OCO3)[C@H](O)C1. The van der Waals surface area contributed by atoms with Gasteiger partial charge >= 0.3 is 5.97 Å². The van der Waals surface area contributed by atoms with Gasteiger partial charge in [-0.3, -0.25) is 9.69 Å². The summed E-state index contributed by atoms with van der Waals surface area (Å²) in [6, 6.07) is 5.70. The third kappa shape index (κ3) is 2.57. The lowest BCUT2D eigenvalue weighted by molar-refractivity contribution is -0.139. The quantitative estimate of drug-likeness (QED) is 0.845. The van der Waals surface area contributed by atoms with Crippen LogP contribution >= 0.6 is 0 Å². The summed E-state index contributed by atoms with van der Waals surface area (Å²) in [6.45, 7) is 1.26. The topological polar surface area (TPSA) is 79.2 Å². The van der Waals surface area contributed by atoms with Crippen LogP contribution < -0.4 is 9.47 Å². The highest BCUT2D eigenvalue weighted by Crippen LogP contribution is 2.37. The second kappa shape index (κ2) is 5.30. The van der Waals surface area contributed by atoms with E-state index in [4.69, 9.17) is 14.6 Å². The van der Waals surface area contributed by atoms with Crippen LogP contribution in [0.15, 0.2) is 18.2 Å². The number of hydrogen-bond donors (Lipinski definition) is 2. The number of aliphatic hydroxyl groups is 1. The molecule has 20 heavy (non-hydrogen) atoms. The highest BCUT2D eigenvalue weighted by Gasteiger charge is 2.30. The Hall–Kier alpha value is -1.79. The molecule has 2 atom stereocenters. The Morgan fingerprint density at radius 2 is 2.15 bits per heavy atom. The largest absolute Gasteiger partial charge is 0.480 e. The zero-order valence-electron chi connectivity index (χ0n) is 11.0. The number of carboxylic acids is 1. The average molecular weight is 279 g/mol. The molecule has 0 spiro atoms. The number of hydrogen-bond acceptors (Lipinski definition) is 5. The maximum atomic E-state index is 10.7. The van der Waals surface area contributed by atoms with Crippen LogP contribution in [-0.2, 0) is 4.79 Å². The molecule has 0 aromatic heterocycles. The Bertz CT molecular complexity index is 518. The molecule has 6 heteroatoms. The summed E-state index contributed by atoms with van der Waals surface area (Å²) in [4.78, 5) is 12.5. The number of ether oxygens (including phenoxy) is 2. The number of carboxylic acid groups (broad SMARTS) is 1. The van der Waals surface area contributed by atoms with Crippen LogP contribution in [0.2, 0.25) is 0 Å². The zero-order chi connectivity index (χ0) is 14.1. The summed E-state index contributed by atoms with van der Waals surface area (Å²) < 4.78 is 10.6. The molecular formula is C14H17NO5. The minimum Gasteiger partial charge on any atom is -0.480 e. The van der Waals surface area contributed by atoms with Gasteiger partial charge in [-0.15, -0.1) is 0 Å². The Morgan fingerprint density at radius 1 is 1.35 bits per heavy atom. The number of rotatable bonds is 3. The van der Waals surface area contributed by atoms with Crippen LogP contribution in [0.3, 0.4) is 0 Å². The standard InChI is InChI=1S/C14H17NO5/c16-11-6-15(7-14(17)18)4-3-10(11)9-1-2-12-13(5-9)20-8-19-12/h1-2,5,10-11,16H,3-4,6-8H2,(H,17,18)/t10-,11+/m0/s1. The van der Waals surface area contributed by atoms with Gasteiger partial charge in [0, 0.05) is 12.5 Å². The molecule has 108 valence electrons. The number of likely N-dealkylation sites (tertiary alicyclic amines) is 1. The molecule has 0 radical (unpaired) electrons. The Balaban J connectivity index is 1.71. The van der Waals surface area contributed by atoms with Crippen molar-refractivity contribution >= 4 is 5.97 Å². The van der Waals surface area contributed by atoms with E-state index in [1.165, 1.54) is 0 Å². The maximum Gasteiger partial charge on any atom is 0.317 e. The van der Waals surface area contributed by atoms with E-state index >= 15 is 0 Å². The van der Waals surface area contributed by atoms with Gasteiger partial charge in [0.15, 0.2) is 11.5 Å². The van der Waals surface area contributed by atoms with Crippen molar-refractivity contribution in [3.63, 3.8) is 0 Å². The first-order chi connectivity index (χ1) is 9.63. The fourth-order valence-corrected chi connectivity index (χ4v) is 2.86. The molecule has 2 N–H and O–H groups in total. The molecule has 0 bridgehead atoms. The van der Waals surface area contributed by atoms with Crippen LogP contribution in [0.1, 0.15) is 17.9 Å². The van der Waals surface area contributed by atoms with Crippen molar-refractivity contribution < 1.29 is 24.5 Å². The summed E-state index contributed by atoms with van der Waals surface area (Å²) in [7, 11) is 0. The molecule has 1 fully saturated rings. The number of carbonyl (C=O) groups is 1. The van der Waals surface area contributed by atoms with Crippen molar-refractivity contribution in [2.24, 2.45) is 0 Å². The van der Waals surface area contributed by atoms with Crippen LogP contribution in [0, 0.1) is 0 Å². The molecule has 0 saturated carbocycles. The Morgan fingerprint density at radius 3 is 2.90 bits per heavy atom. The van der Waals surface area contributed by atoms with E-state index in [-0.39, 0.29) is 19.3 Å². The number of benzene rings is 1. The van der Waals surface area contributed by atoms with E-state index in [1.54, 1.807) is 4.90 Å². The number of piperidine rings is 1. The Labute approximate surface area is 116 Å². The van der Waals surface area contributed by atoms with E-state index in [0.717, 1.165) is 17.7 Å². The second-order valence-corrected chi connectivity index (χ2v) is 5.20. The highest BCUT2D eigenvalue weighted by molar-refractivity contribution is 5.69. The lowest BCUT2D eigenvalue weighted by atomic mass is 9.87. The van der Waals surface area contributed by atoms with Crippen molar-refractivity contribution in [3.05, 3.63) is 23.8 Å². The Kier molecular flexibility index (Phi) is 3.50. The number of aliphatic carboxylic acids is 1. The zero-order valence-corrected chi connectivity index (χ0v) is 11.0. The van der Waals surface area contributed by atoms with Gasteiger partial charge in [0.1, 0.15) is 0 Å². The highest BCUT2D eigenvalue weighted by atomic mass is 16.7. The summed E-state index contributed by atoms with van der Waals surface area (Å²) in [5.41, 5.74) is 1.01. The third-order valence-corrected chi connectivity index (χ3v) is 3.85. The molecule has 2 heterocycles. The number of nitrogens with zero attached hydrogens (tertiary/aromatic N) is 1. The van der Waals surface area contributed by atoms with Gasteiger partial charge in [-0.05, 0) is 30.7 Å². The second-order valence-electron chi connectivity index (χ2n) is 5.20. The first kappa shape index (κ1) is 13.2. The molecule has 1 saturated heterocycles. The third-order valence-electron chi connectivity index (χ3n) is 3.85. The first-order valence-corrected chi connectivity index (χ1v) is 6.65. The van der Waals surface area contributed by atoms with Crippen LogP contribution in [-0.4, -0.2) is 53.6 Å². The summed E-state index contributed by atoms with van der Waals surface area (Å²) in [5, 5.41) is 19.0. The van der Waals surface area contributed by atoms with Crippen LogP contribution in [0.25, 0.3) is 0 Å². The van der Waals surface area contributed by atoms with E-state index in [2.05, 4.69) is 0 Å². The van der Waals surface area contributed by atoms with E-state index in [0.29, 0.717) is 18.8 Å². The number of β-amino-alcohol motifs (C(OH)–C–C–N with tert-alkyl or cyclic N) is 1. The molecule has 1 aromatic rings. The minimum atomic E-state index is -0.862. The predicted octanol–water partition coefficient (Wildman–Crippen LogP) is 0.650. The lowest BCUT2D eigenvalue weighted by Crippen LogP contribution is -2.44.